The molecule has 0 atom stereocenters. The lowest BCUT2D eigenvalue weighted by atomic mass is 10.1. The monoisotopic (exact) mass is 317 g/mol. The summed E-state index contributed by atoms with van der Waals surface area (Å²) in [5.41, 5.74) is 1.73. The molecule has 120 valence electrons. The highest BCUT2D eigenvalue weighted by atomic mass is 19.2. The Labute approximate surface area is 134 Å². The topological polar surface area (TPSA) is 31.4 Å². The summed E-state index contributed by atoms with van der Waals surface area (Å²) < 4.78 is 36.8. The number of ether oxygens (including phenoxy) is 2. The van der Waals surface area contributed by atoms with Crippen LogP contribution >= 0.6 is 0 Å². The molecular weight excluding hydrogens is 300 g/mol. The molecule has 0 saturated carbocycles. The fraction of sp³-hybridized carbons (Fsp3) is 0.278. The number of benzene rings is 1. The van der Waals surface area contributed by atoms with Crippen LogP contribution in [0.4, 0.5) is 8.78 Å². The highest BCUT2D eigenvalue weighted by molar-refractivity contribution is 5.59. The lowest BCUT2D eigenvalue weighted by Crippen LogP contribution is -2.14. The van der Waals surface area contributed by atoms with Crippen molar-refractivity contribution in [3.63, 3.8) is 0 Å². The van der Waals surface area contributed by atoms with Crippen molar-refractivity contribution in [1.29, 1.82) is 0 Å². The minimum Gasteiger partial charge on any atom is -0.342 e. The molecule has 2 rings (SSSR count). The summed E-state index contributed by atoms with van der Waals surface area (Å²) in [5, 5.41) is 0. The van der Waals surface area contributed by atoms with E-state index < -0.39 is 17.9 Å². The van der Waals surface area contributed by atoms with Gasteiger partial charge in [0.05, 0.1) is 5.69 Å². The maximum atomic E-state index is 13.2. The van der Waals surface area contributed by atoms with E-state index in [4.69, 9.17) is 9.47 Å². The predicted molar refractivity (Wildman–Crippen MR) is 83.5 cm³/mol. The van der Waals surface area contributed by atoms with Crippen molar-refractivity contribution in [2.75, 3.05) is 13.2 Å². The van der Waals surface area contributed by atoms with Gasteiger partial charge in [0, 0.05) is 30.5 Å². The molecular formula is C18H17F2NO2. The summed E-state index contributed by atoms with van der Waals surface area (Å²) in [6, 6.07) is 7.13. The zero-order chi connectivity index (χ0) is 16.7. The van der Waals surface area contributed by atoms with Gasteiger partial charge in [-0.15, -0.1) is 0 Å². The van der Waals surface area contributed by atoms with E-state index in [1.54, 1.807) is 18.3 Å². The summed E-state index contributed by atoms with van der Waals surface area (Å²) in [6.45, 7) is 4.75. The van der Waals surface area contributed by atoms with Gasteiger partial charge < -0.3 is 9.47 Å². The van der Waals surface area contributed by atoms with Gasteiger partial charge in [-0.1, -0.05) is 5.92 Å². The summed E-state index contributed by atoms with van der Waals surface area (Å²) in [7, 11) is 0. The predicted octanol–water partition coefficient (Wildman–Crippen LogP) is 3.78. The van der Waals surface area contributed by atoms with E-state index in [0.717, 1.165) is 12.1 Å². The van der Waals surface area contributed by atoms with Gasteiger partial charge in [-0.3, -0.25) is 4.98 Å². The average Bonchev–Trinajstić information content (AvgIpc) is 2.56. The van der Waals surface area contributed by atoms with Gasteiger partial charge >= 0.3 is 0 Å². The van der Waals surface area contributed by atoms with Crippen LogP contribution in [0.25, 0.3) is 11.3 Å². The van der Waals surface area contributed by atoms with Crippen LogP contribution in [0.1, 0.15) is 19.4 Å². The van der Waals surface area contributed by atoms with E-state index >= 15 is 0 Å². The molecule has 3 nitrogen and oxygen atoms in total. The van der Waals surface area contributed by atoms with Crippen LogP contribution in [0.15, 0.2) is 36.5 Å². The Balaban J connectivity index is 2.14. The van der Waals surface area contributed by atoms with Crippen molar-refractivity contribution >= 4 is 0 Å². The second-order valence-electron chi connectivity index (χ2n) is 4.57. The second kappa shape index (κ2) is 8.37. The maximum Gasteiger partial charge on any atom is 0.222 e. The summed E-state index contributed by atoms with van der Waals surface area (Å²) >= 11 is 0. The molecule has 23 heavy (non-hydrogen) atoms. The number of nitrogens with zero attached hydrogens (tertiary/aromatic N) is 1. The van der Waals surface area contributed by atoms with Crippen LogP contribution in [0, 0.1) is 23.5 Å². The molecule has 5 heteroatoms. The molecule has 0 amide bonds. The molecule has 0 aliphatic rings. The first-order valence-electron chi connectivity index (χ1n) is 7.30. The van der Waals surface area contributed by atoms with E-state index in [-0.39, 0.29) is 0 Å². The van der Waals surface area contributed by atoms with Crippen LogP contribution in [0.2, 0.25) is 0 Å². The van der Waals surface area contributed by atoms with Crippen LogP contribution in [0.5, 0.6) is 0 Å². The maximum absolute atomic E-state index is 13.2. The third-order valence-electron chi connectivity index (χ3n) is 2.95. The Morgan fingerprint density at radius 2 is 1.78 bits per heavy atom. The molecule has 0 unspecified atom stereocenters. The summed E-state index contributed by atoms with van der Waals surface area (Å²) in [6.07, 6.45) is 0.995. The molecule has 0 aliphatic heterocycles. The molecule has 0 bridgehead atoms. The fourth-order valence-electron chi connectivity index (χ4n) is 1.87. The van der Waals surface area contributed by atoms with E-state index in [9.17, 15) is 8.78 Å². The van der Waals surface area contributed by atoms with Crippen LogP contribution in [-0.2, 0) is 9.47 Å². The molecule has 1 aromatic carbocycles. The van der Waals surface area contributed by atoms with Gasteiger partial charge in [0.2, 0.25) is 6.29 Å². The normalized spacial score (nSPS) is 10.5. The van der Waals surface area contributed by atoms with Crippen molar-refractivity contribution in [1.82, 2.24) is 4.98 Å². The van der Waals surface area contributed by atoms with E-state index in [1.807, 2.05) is 13.8 Å². The Kier molecular flexibility index (Phi) is 6.21. The first-order chi connectivity index (χ1) is 11.1. The number of aromatic nitrogens is 1. The molecule has 0 spiro atoms. The van der Waals surface area contributed by atoms with Gasteiger partial charge in [-0.2, -0.15) is 0 Å². The third kappa shape index (κ3) is 4.85. The molecule has 1 heterocycles. The van der Waals surface area contributed by atoms with Gasteiger partial charge in [0.1, 0.15) is 0 Å². The van der Waals surface area contributed by atoms with Crippen molar-refractivity contribution in [3.8, 4) is 23.1 Å². The van der Waals surface area contributed by atoms with Crippen LogP contribution < -0.4 is 0 Å². The number of rotatable bonds is 5. The van der Waals surface area contributed by atoms with E-state index in [1.165, 1.54) is 6.07 Å². The SMILES string of the molecule is CCOC(C#Cc1ccc(-c2ccc(F)c(F)c2)nc1)OCC. The molecule has 0 aliphatic carbocycles. The number of halogens is 2. The van der Waals surface area contributed by atoms with E-state index in [2.05, 4.69) is 16.8 Å². The number of hydrogen-bond acceptors (Lipinski definition) is 3. The fourth-order valence-corrected chi connectivity index (χ4v) is 1.87. The average molecular weight is 317 g/mol. The minimum absolute atomic E-state index is 0.505. The highest BCUT2D eigenvalue weighted by Gasteiger charge is 2.06. The number of hydrogen-bond donors (Lipinski definition) is 0. The van der Waals surface area contributed by atoms with Gasteiger partial charge in [-0.25, -0.2) is 8.78 Å². The summed E-state index contributed by atoms with van der Waals surface area (Å²) in [5.74, 6) is 4.01. The molecule has 0 fully saturated rings. The first kappa shape index (κ1) is 17.1. The Bertz CT molecular complexity index is 699. The number of pyridine rings is 1. The van der Waals surface area contributed by atoms with Gasteiger partial charge in [0.15, 0.2) is 11.6 Å². The molecule has 0 N–H and O–H groups in total. The zero-order valence-electron chi connectivity index (χ0n) is 13.0. The Morgan fingerprint density at radius 1 is 1.04 bits per heavy atom. The minimum atomic E-state index is -0.899. The molecule has 2 aromatic rings. The van der Waals surface area contributed by atoms with Gasteiger partial charge in [0.25, 0.3) is 0 Å². The molecule has 1 aromatic heterocycles. The van der Waals surface area contributed by atoms with E-state index in [0.29, 0.717) is 30.0 Å². The second-order valence-corrected chi connectivity index (χ2v) is 4.57. The van der Waals surface area contributed by atoms with Gasteiger partial charge in [-0.05, 0) is 50.1 Å². The van der Waals surface area contributed by atoms with Crippen molar-refractivity contribution < 1.29 is 18.3 Å². The van der Waals surface area contributed by atoms with Crippen LogP contribution in [-0.4, -0.2) is 24.5 Å². The standard InChI is InChI=1S/C18H17F2NO2/c1-3-22-18(23-4-2)10-6-13-5-9-17(21-12-13)14-7-8-15(19)16(20)11-14/h5,7-9,11-12,18H,3-4H2,1-2H3. The first-order valence-corrected chi connectivity index (χ1v) is 7.30. The highest BCUT2D eigenvalue weighted by Crippen LogP contribution is 2.19. The lowest BCUT2D eigenvalue weighted by molar-refractivity contribution is -0.0969. The van der Waals surface area contributed by atoms with Crippen molar-refractivity contribution in [3.05, 3.63) is 53.7 Å². The lowest BCUT2D eigenvalue weighted by Gasteiger charge is -2.09. The largest absolute Gasteiger partial charge is 0.342 e. The third-order valence-corrected chi connectivity index (χ3v) is 2.95. The molecule has 0 radical (unpaired) electrons. The Morgan fingerprint density at radius 3 is 2.35 bits per heavy atom. The molecule has 0 saturated heterocycles. The zero-order valence-corrected chi connectivity index (χ0v) is 13.0. The van der Waals surface area contributed by atoms with Crippen LogP contribution in [0.3, 0.4) is 0 Å². The quantitative estimate of drug-likeness (QED) is 0.621. The van der Waals surface area contributed by atoms with Crippen molar-refractivity contribution in [2.24, 2.45) is 0 Å². The smallest absolute Gasteiger partial charge is 0.222 e. The summed E-state index contributed by atoms with van der Waals surface area (Å²) in [4.78, 5) is 4.22. The Hall–Kier alpha value is -2.29. The van der Waals surface area contributed by atoms with Crippen molar-refractivity contribution in [2.45, 2.75) is 20.1 Å².